The molecule has 0 radical (unpaired) electrons. The highest BCUT2D eigenvalue weighted by atomic mass is 35.5. The first-order valence-corrected chi connectivity index (χ1v) is 5.19. The monoisotopic (exact) mass is 198 g/mol. The maximum Gasteiger partial charge on any atom is 0.248 e. The van der Waals surface area contributed by atoms with E-state index < -0.39 is 0 Å². The molecule has 0 N–H and O–H groups in total. The van der Waals surface area contributed by atoms with Crippen LogP contribution in [0.2, 0.25) is 0 Å². The van der Waals surface area contributed by atoms with Gasteiger partial charge in [0.1, 0.15) is 0 Å². The number of hydrogen-bond donors (Lipinski definition) is 0. The molecule has 0 saturated heterocycles. The van der Waals surface area contributed by atoms with Gasteiger partial charge in [0, 0.05) is 11.0 Å². The Bertz CT molecular complexity index is 303. The van der Waals surface area contributed by atoms with Gasteiger partial charge in [-0.1, -0.05) is 26.8 Å². The molecule has 0 aliphatic heterocycles. The van der Waals surface area contributed by atoms with E-state index in [1.165, 1.54) is 6.42 Å². The summed E-state index contributed by atoms with van der Waals surface area (Å²) in [6.07, 6.45) is 4.41. The first-order valence-electron chi connectivity index (χ1n) is 4.82. The van der Waals surface area contributed by atoms with Gasteiger partial charge in [-0.25, -0.2) is 0 Å². The molecule has 2 unspecified atom stereocenters. The molecule has 1 nitrogen and oxygen atoms in total. The van der Waals surface area contributed by atoms with Gasteiger partial charge in [-0.3, -0.25) is 4.79 Å². The normalized spacial score (nSPS) is 40.6. The smallest absolute Gasteiger partial charge is 0.248 e. The second-order valence-corrected chi connectivity index (χ2v) is 5.40. The van der Waals surface area contributed by atoms with E-state index in [1.807, 2.05) is 0 Å². The molecule has 2 aliphatic carbocycles. The van der Waals surface area contributed by atoms with Crippen LogP contribution in [0.1, 0.15) is 33.6 Å². The van der Waals surface area contributed by atoms with Crippen LogP contribution < -0.4 is 0 Å². The zero-order valence-corrected chi connectivity index (χ0v) is 9.11. The van der Waals surface area contributed by atoms with Crippen molar-refractivity contribution in [3.05, 3.63) is 11.6 Å². The van der Waals surface area contributed by atoms with Gasteiger partial charge in [-0.2, -0.15) is 0 Å². The molecule has 1 fully saturated rings. The fraction of sp³-hybridized carbons (Fsp3) is 0.727. The number of halogens is 1. The van der Waals surface area contributed by atoms with Gasteiger partial charge in [0.2, 0.25) is 5.24 Å². The number of hydrogen-bond acceptors (Lipinski definition) is 1. The Hall–Kier alpha value is -0.300. The molecule has 0 spiro atoms. The molecule has 2 heteroatoms. The van der Waals surface area contributed by atoms with Gasteiger partial charge in [-0.05, 0) is 35.8 Å². The van der Waals surface area contributed by atoms with Gasteiger partial charge >= 0.3 is 0 Å². The van der Waals surface area contributed by atoms with Crippen molar-refractivity contribution in [2.24, 2.45) is 16.7 Å². The lowest BCUT2D eigenvalue weighted by Crippen LogP contribution is -2.31. The minimum absolute atomic E-state index is 0.0243. The SMILES string of the molecule is CC12CCC(C=C1C(=O)Cl)C2(C)C. The van der Waals surface area contributed by atoms with Gasteiger partial charge in [0.15, 0.2) is 0 Å². The van der Waals surface area contributed by atoms with Crippen LogP contribution in [0, 0.1) is 16.7 Å². The van der Waals surface area contributed by atoms with Gasteiger partial charge in [-0.15, -0.1) is 0 Å². The van der Waals surface area contributed by atoms with E-state index in [2.05, 4.69) is 26.8 Å². The predicted molar refractivity (Wildman–Crippen MR) is 53.6 cm³/mol. The second-order valence-electron chi connectivity index (χ2n) is 5.05. The lowest BCUT2D eigenvalue weighted by molar-refractivity contribution is -0.109. The highest BCUT2D eigenvalue weighted by Crippen LogP contribution is 2.65. The number of carbonyl (C=O) groups is 1. The zero-order valence-electron chi connectivity index (χ0n) is 8.36. The maximum atomic E-state index is 11.2. The molecule has 0 aromatic rings. The third-order valence-electron chi connectivity index (χ3n) is 4.48. The average molecular weight is 199 g/mol. The van der Waals surface area contributed by atoms with Crippen molar-refractivity contribution in [3.63, 3.8) is 0 Å². The Kier molecular flexibility index (Phi) is 1.70. The summed E-state index contributed by atoms with van der Waals surface area (Å²) in [6, 6.07) is 0. The molecular weight excluding hydrogens is 184 g/mol. The molecular formula is C11H15ClO. The van der Waals surface area contributed by atoms with Crippen LogP contribution in [0.15, 0.2) is 11.6 Å². The molecule has 2 bridgehead atoms. The topological polar surface area (TPSA) is 17.1 Å². The van der Waals surface area contributed by atoms with Crippen molar-refractivity contribution in [3.8, 4) is 0 Å². The molecule has 13 heavy (non-hydrogen) atoms. The summed E-state index contributed by atoms with van der Waals surface area (Å²) < 4.78 is 0. The largest absolute Gasteiger partial charge is 0.276 e. The van der Waals surface area contributed by atoms with Crippen molar-refractivity contribution in [1.82, 2.24) is 0 Å². The number of rotatable bonds is 1. The standard InChI is InChI=1S/C11H15ClO/c1-10(2)7-4-5-11(10,3)8(6-7)9(12)13/h6-7H,4-5H2,1-3H3. The summed E-state index contributed by atoms with van der Waals surface area (Å²) in [5.74, 6) is 0.551. The van der Waals surface area contributed by atoms with Crippen LogP contribution in [0.5, 0.6) is 0 Å². The third-order valence-corrected chi connectivity index (χ3v) is 4.68. The summed E-state index contributed by atoms with van der Waals surface area (Å²) in [7, 11) is 0. The van der Waals surface area contributed by atoms with Crippen LogP contribution >= 0.6 is 11.6 Å². The van der Waals surface area contributed by atoms with Gasteiger partial charge in [0.05, 0.1) is 0 Å². The molecule has 0 aromatic heterocycles. The third kappa shape index (κ3) is 0.914. The molecule has 72 valence electrons. The van der Waals surface area contributed by atoms with E-state index in [-0.39, 0.29) is 16.1 Å². The summed E-state index contributed by atoms with van der Waals surface area (Å²) in [5, 5.41) is -0.252. The highest BCUT2D eigenvalue weighted by molar-refractivity contribution is 6.67. The molecule has 2 aliphatic rings. The van der Waals surface area contributed by atoms with Crippen LogP contribution in [0.25, 0.3) is 0 Å². The molecule has 2 rings (SSSR count). The first-order chi connectivity index (χ1) is 5.89. The van der Waals surface area contributed by atoms with Crippen molar-refractivity contribution >= 4 is 16.8 Å². The first kappa shape index (κ1) is 9.26. The number of carbonyl (C=O) groups excluding carboxylic acids is 1. The average Bonchev–Trinajstić information content (AvgIpc) is 2.34. The Morgan fingerprint density at radius 3 is 2.38 bits per heavy atom. The quantitative estimate of drug-likeness (QED) is 0.592. The molecule has 0 aromatic carbocycles. The van der Waals surface area contributed by atoms with E-state index in [9.17, 15) is 4.79 Å². The van der Waals surface area contributed by atoms with E-state index in [0.29, 0.717) is 5.92 Å². The maximum absolute atomic E-state index is 11.2. The molecule has 2 atom stereocenters. The predicted octanol–water partition coefficient (Wildman–Crippen LogP) is 3.13. The number of allylic oxidation sites excluding steroid dienone is 2. The van der Waals surface area contributed by atoms with Crippen LogP contribution in [-0.2, 0) is 4.79 Å². The zero-order chi connectivity index (χ0) is 9.85. The molecule has 0 heterocycles. The summed E-state index contributed by atoms with van der Waals surface area (Å²) in [5.41, 5.74) is 1.10. The molecule has 0 amide bonds. The lowest BCUT2D eigenvalue weighted by atomic mass is 9.68. The Labute approximate surface area is 84.2 Å². The van der Waals surface area contributed by atoms with E-state index in [0.717, 1.165) is 12.0 Å². The van der Waals surface area contributed by atoms with Crippen molar-refractivity contribution in [2.75, 3.05) is 0 Å². The van der Waals surface area contributed by atoms with E-state index in [4.69, 9.17) is 11.6 Å². The Morgan fingerprint density at radius 1 is 1.54 bits per heavy atom. The number of fused-ring (bicyclic) bond motifs is 2. The molecule has 1 saturated carbocycles. The Morgan fingerprint density at radius 2 is 2.15 bits per heavy atom. The fourth-order valence-corrected chi connectivity index (χ4v) is 3.25. The second kappa shape index (κ2) is 2.38. The van der Waals surface area contributed by atoms with Crippen molar-refractivity contribution in [2.45, 2.75) is 33.6 Å². The van der Waals surface area contributed by atoms with E-state index in [1.54, 1.807) is 0 Å². The summed E-state index contributed by atoms with van der Waals surface area (Å²) >= 11 is 5.59. The van der Waals surface area contributed by atoms with Crippen LogP contribution in [-0.4, -0.2) is 5.24 Å². The van der Waals surface area contributed by atoms with Crippen LogP contribution in [0.3, 0.4) is 0 Å². The van der Waals surface area contributed by atoms with Crippen molar-refractivity contribution < 1.29 is 4.79 Å². The fourth-order valence-electron chi connectivity index (χ4n) is 2.98. The minimum Gasteiger partial charge on any atom is -0.276 e. The summed E-state index contributed by atoms with van der Waals surface area (Å²) in [4.78, 5) is 11.2. The highest BCUT2D eigenvalue weighted by Gasteiger charge is 2.58. The van der Waals surface area contributed by atoms with Gasteiger partial charge in [0.25, 0.3) is 0 Å². The van der Waals surface area contributed by atoms with Crippen LogP contribution in [0.4, 0.5) is 0 Å². The lowest BCUT2D eigenvalue weighted by Gasteiger charge is -2.36. The van der Waals surface area contributed by atoms with Gasteiger partial charge < -0.3 is 0 Å². The van der Waals surface area contributed by atoms with Crippen molar-refractivity contribution in [1.29, 1.82) is 0 Å². The minimum atomic E-state index is -0.252. The Balaban J connectivity index is 2.49. The summed E-state index contributed by atoms with van der Waals surface area (Å²) in [6.45, 7) is 6.66. The van der Waals surface area contributed by atoms with E-state index >= 15 is 0 Å².